The van der Waals surface area contributed by atoms with E-state index >= 15 is 0 Å². The first kappa shape index (κ1) is 15.1. The maximum absolute atomic E-state index is 12.3. The van der Waals surface area contributed by atoms with Gasteiger partial charge in [0.15, 0.2) is 4.21 Å². The van der Waals surface area contributed by atoms with E-state index in [1.165, 1.54) is 31.4 Å². The molecule has 112 valence electrons. The van der Waals surface area contributed by atoms with Crippen LogP contribution in [0.15, 0.2) is 33.9 Å². The molecule has 2 aromatic rings. The summed E-state index contributed by atoms with van der Waals surface area (Å²) in [6.45, 7) is 0. The minimum Gasteiger partial charge on any atom is -0.494 e. The zero-order valence-electron chi connectivity index (χ0n) is 10.8. The van der Waals surface area contributed by atoms with Crippen LogP contribution in [-0.4, -0.2) is 20.5 Å². The zero-order valence-corrected chi connectivity index (χ0v) is 12.4. The summed E-state index contributed by atoms with van der Waals surface area (Å²) in [7, 11) is -2.59. The Labute approximate surface area is 124 Å². The van der Waals surface area contributed by atoms with Crippen molar-refractivity contribution in [3.05, 3.63) is 39.8 Å². The fourth-order valence-corrected chi connectivity index (χ4v) is 3.98. The van der Waals surface area contributed by atoms with Crippen LogP contribution in [0, 0.1) is 10.1 Å². The summed E-state index contributed by atoms with van der Waals surface area (Å²) >= 11 is 0.967. The highest BCUT2D eigenvalue weighted by molar-refractivity contribution is 7.94. The number of nitrogens with one attached hydrogen (secondary N) is 1. The van der Waals surface area contributed by atoms with Gasteiger partial charge in [0.25, 0.3) is 15.7 Å². The van der Waals surface area contributed by atoms with E-state index < -0.39 is 14.9 Å². The average molecular weight is 329 g/mol. The van der Waals surface area contributed by atoms with Gasteiger partial charge in [0.2, 0.25) is 0 Å². The summed E-state index contributed by atoms with van der Waals surface area (Å²) in [5.74, 6) is 0.191. The van der Waals surface area contributed by atoms with Crippen molar-refractivity contribution in [2.75, 3.05) is 17.6 Å². The number of thiophene rings is 1. The lowest BCUT2D eigenvalue weighted by Gasteiger charge is -2.10. The van der Waals surface area contributed by atoms with E-state index in [1.54, 1.807) is 5.38 Å². The number of benzene rings is 1. The Morgan fingerprint density at radius 2 is 2.10 bits per heavy atom. The second kappa shape index (κ2) is 5.58. The third-order valence-electron chi connectivity index (χ3n) is 2.58. The number of nitrogen functional groups attached to an aromatic ring is 1. The normalized spacial score (nSPS) is 11.1. The van der Waals surface area contributed by atoms with Gasteiger partial charge >= 0.3 is 0 Å². The molecule has 0 bridgehead atoms. The molecule has 1 heterocycles. The highest BCUT2D eigenvalue weighted by Crippen LogP contribution is 2.34. The van der Waals surface area contributed by atoms with Crippen LogP contribution in [0.3, 0.4) is 0 Å². The van der Waals surface area contributed by atoms with Crippen LogP contribution >= 0.6 is 11.3 Å². The number of para-hydroxylation sites is 1. The largest absolute Gasteiger partial charge is 0.494 e. The molecule has 21 heavy (non-hydrogen) atoms. The van der Waals surface area contributed by atoms with Crippen LogP contribution in [0.4, 0.5) is 17.1 Å². The lowest BCUT2D eigenvalue weighted by Crippen LogP contribution is -2.14. The first-order valence-electron chi connectivity index (χ1n) is 5.54. The van der Waals surface area contributed by atoms with Crippen LogP contribution in [0.25, 0.3) is 0 Å². The number of sulfonamides is 1. The number of nitro groups is 1. The molecule has 0 aliphatic carbocycles. The summed E-state index contributed by atoms with van der Waals surface area (Å²) in [4.78, 5) is 10.1. The highest BCUT2D eigenvalue weighted by Gasteiger charge is 2.24. The van der Waals surface area contributed by atoms with Crippen molar-refractivity contribution in [1.82, 2.24) is 0 Å². The maximum Gasteiger partial charge on any atom is 0.294 e. The van der Waals surface area contributed by atoms with Crippen LogP contribution in [-0.2, 0) is 10.0 Å². The molecule has 0 spiro atoms. The van der Waals surface area contributed by atoms with E-state index in [0.717, 1.165) is 11.3 Å². The van der Waals surface area contributed by atoms with Crippen molar-refractivity contribution < 1.29 is 18.1 Å². The lowest BCUT2D eigenvalue weighted by molar-refractivity contribution is -0.383. The molecule has 3 N–H and O–H groups in total. The van der Waals surface area contributed by atoms with E-state index in [0.29, 0.717) is 0 Å². The summed E-state index contributed by atoms with van der Waals surface area (Å²) in [6, 6.07) is 5.40. The molecular formula is C11H11N3O5S2. The molecule has 0 saturated heterocycles. The van der Waals surface area contributed by atoms with Crippen molar-refractivity contribution >= 4 is 38.4 Å². The number of hydrogen-bond donors (Lipinski definition) is 2. The Hall–Kier alpha value is -2.33. The third-order valence-corrected chi connectivity index (χ3v) is 5.40. The van der Waals surface area contributed by atoms with Crippen LogP contribution in [0.5, 0.6) is 5.75 Å². The van der Waals surface area contributed by atoms with E-state index in [2.05, 4.69) is 4.72 Å². The quantitative estimate of drug-likeness (QED) is 0.491. The second-order valence-electron chi connectivity index (χ2n) is 3.88. The molecule has 2 rings (SSSR count). The Morgan fingerprint density at radius 1 is 1.38 bits per heavy atom. The van der Waals surface area contributed by atoms with Gasteiger partial charge in [0.05, 0.1) is 17.7 Å². The number of ether oxygens (including phenoxy) is 1. The Bertz CT molecular complexity index is 785. The standard InChI is InChI=1S/C11H11N3O5S2/c1-19-9-5-6-20-11(9)21(17,18)13-7-3-2-4-8(10(7)12)14(15)16/h2-6,13H,12H2,1H3. The number of nitrogens with two attached hydrogens (primary N) is 1. The molecule has 0 aliphatic rings. The molecule has 0 amide bonds. The predicted octanol–water partition coefficient (Wildman–Crippen LogP) is 2.05. The van der Waals surface area contributed by atoms with Gasteiger partial charge < -0.3 is 10.5 Å². The summed E-state index contributed by atoms with van der Waals surface area (Å²) in [5, 5.41) is 12.4. The Kier molecular flexibility index (Phi) is 4.00. The molecular weight excluding hydrogens is 318 g/mol. The Morgan fingerprint density at radius 3 is 2.71 bits per heavy atom. The molecule has 0 radical (unpaired) electrons. The fourth-order valence-electron chi connectivity index (χ4n) is 1.62. The van der Waals surface area contributed by atoms with Crippen LogP contribution < -0.4 is 15.2 Å². The van der Waals surface area contributed by atoms with Gasteiger partial charge in [-0.15, -0.1) is 11.3 Å². The molecule has 0 fully saturated rings. The molecule has 8 nitrogen and oxygen atoms in total. The van der Waals surface area contributed by atoms with Crippen molar-refractivity contribution in [2.45, 2.75) is 4.21 Å². The monoisotopic (exact) mass is 329 g/mol. The number of hydrogen-bond acceptors (Lipinski definition) is 7. The van der Waals surface area contributed by atoms with Gasteiger partial charge in [-0.3, -0.25) is 14.8 Å². The first-order valence-corrected chi connectivity index (χ1v) is 7.90. The van der Waals surface area contributed by atoms with Gasteiger partial charge in [-0.1, -0.05) is 6.07 Å². The van der Waals surface area contributed by atoms with Gasteiger partial charge in [-0.25, -0.2) is 8.42 Å². The smallest absolute Gasteiger partial charge is 0.294 e. The van der Waals surface area contributed by atoms with E-state index in [-0.39, 0.29) is 27.0 Å². The van der Waals surface area contributed by atoms with Crippen molar-refractivity contribution in [3.63, 3.8) is 0 Å². The lowest BCUT2D eigenvalue weighted by atomic mass is 10.2. The number of anilines is 2. The topological polar surface area (TPSA) is 125 Å². The molecule has 1 aromatic carbocycles. The molecule has 0 saturated carbocycles. The second-order valence-corrected chi connectivity index (χ2v) is 6.67. The van der Waals surface area contributed by atoms with E-state index in [1.807, 2.05) is 0 Å². The molecule has 10 heteroatoms. The number of nitro benzene ring substituents is 1. The fraction of sp³-hybridized carbons (Fsp3) is 0.0909. The summed E-state index contributed by atoms with van der Waals surface area (Å²) in [6.07, 6.45) is 0. The highest BCUT2D eigenvalue weighted by atomic mass is 32.2. The summed E-state index contributed by atoms with van der Waals surface area (Å²) < 4.78 is 31.7. The third kappa shape index (κ3) is 2.90. The molecule has 1 aromatic heterocycles. The first-order chi connectivity index (χ1) is 9.86. The molecule has 0 aliphatic heterocycles. The Balaban J connectivity index is 2.42. The van der Waals surface area contributed by atoms with Gasteiger partial charge in [-0.2, -0.15) is 0 Å². The van der Waals surface area contributed by atoms with Gasteiger partial charge in [0.1, 0.15) is 11.4 Å². The van der Waals surface area contributed by atoms with E-state index in [9.17, 15) is 18.5 Å². The average Bonchev–Trinajstić information content (AvgIpc) is 2.90. The van der Waals surface area contributed by atoms with Crippen molar-refractivity contribution in [2.24, 2.45) is 0 Å². The van der Waals surface area contributed by atoms with Crippen LogP contribution in [0.1, 0.15) is 0 Å². The van der Waals surface area contributed by atoms with Gasteiger partial charge in [0, 0.05) is 6.07 Å². The minimum absolute atomic E-state index is 0.0316. The molecule has 0 atom stereocenters. The predicted molar refractivity (Wildman–Crippen MR) is 79.2 cm³/mol. The SMILES string of the molecule is COc1ccsc1S(=O)(=O)Nc1cccc([N+](=O)[O-])c1N. The maximum atomic E-state index is 12.3. The number of methoxy groups -OCH3 is 1. The summed E-state index contributed by atoms with van der Waals surface area (Å²) in [5.41, 5.74) is 4.95. The minimum atomic E-state index is -3.94. The van der Waals surface area contributed by atoms with Crippen LogP contribution in [0.2, 0.25) is 0 Å². The molecule has 0 unspecified atom stereocenters. The number of rotatable bonds is 5. The number of nitrogens with zero attached hydrogens (tertiary/aromatic N) is 1. The van der Waals surface area contributed by atoms with Crippen molar-refractivity contribution in [1.29, 1.82) is 0 Å². The van der Waals surface area contributed by atoms with Gasteiger partial charge in [-0.05, 0) is 17.5 Å². The van der Waals surface area contributed by atoms with Crippen molar-refractivity contribution in [3.8, 4) is 5.75 Å². The zero-order chi connectivity index (χ0) is 15.6. The van der Waals surface area contributed by atoms with E-state index in [4.69, 9.17) is 10.5 Å².